The minimum absolute atomic E-state index is 0.232. The Morgan fingerprint density at radius 2 is 1.86 bits per heavy atom. The first-order chi connectivity index (χ1) is 6.43. The summed E-state index contributed by atoms with van der Waals surface area (Å²) in [6, 6.07) is -0.149. The van der Waals surface area contributed by atoms with E-state index < -0.39 is 0 Å². The summed E-state index contributed by atoms with van der Waals surface area (Å²) in [5.41, 5.74) is 5.22. The van der Waals surface area contributed by atoms with Gasteiger partial charge in [-0.15, -0.1) is 0 Å². The van der Waals surface area contributed by atoms with Crippen LogP contribution in [-0.4, -0.2) is 31.2 Å². The van der Waals surface area contributed by atoms with E-state index in [2.05, 4.69) is 19.2 Å². The lowest BCUT2D eigenvalue weighted by Gasteiger charge is -2.18. The summed E-state index contributed by atoms with van der Waals surface area (Å²) in [6.45, 7) is 9.08. The van der Waals surface area contributed by atoms with Crippen molar-refractivity contribution in [3.63, 3.8) is 0 Å². The molecule has 0 saturated heterocycles. The lowest BCUT2D eigenvalue weighted by atomic mass is 10.2. The number of primary amides is 1. The molecule has 0 fully saturated rings. The van der Waals surface area contributed by atoms with Crippen molar-refractivity contribution in [2.75, 3.05) is 13.2 Å². The third kappa shape index (κ3) is 6.86. The Kier molecular flexibility index (Phi) is 6.49. The molecule has 1 amide bonds. The van der Waals surface area contributed by atoms with Gasteiger partial charge >= 0.3 is 0 Å². The Bertz CT molecular complexity index is 170. The fourth-order valence-corrected chi connectivity index (χ4v) is 1.04. The molecular formula is C10H22N2O2. The van der Waals surface area contributed by atoms with E-state index in [0.717, 1.165) is 0 Å². The molecule has 0 heterocycles. The van der Waals surface area contributed by atoms with E-state index in [9.17, 15) is 4.79 Å². The molecule has 84 valence electrons. The fourth-order valence-electron chi connectivity index (χ4n) is 1.04. The lowest BCUT2D eigenvalue weighted by Crippen LogP contribution is -2.47. The van der Waals surface area contributed by atoms with E-state index in [1.807, 2.05) is 13.8 Å². The molecule has 0 aromatic rings. The third-order valence-electron chi connectivity index (χ3n) is 1.61. The van der Waals surface area contributed by atoms with Gasteiger partial charge in [0.1, 0.15) is 6.04 Å². The Morgan fingerprint density at radius 1 is 1.29 bits per heavy atom. The molecule has 0 rings (SSSR count). The number of hydrogen-bond acceptors (Lipinski definition) is 3. The number of carbonyl (C=O) groups is 1. The summed E-state index contributed by atoms with van der Waals surface area (Å²) in [6.07, 6.45) is 0. The molecule has 0 bridgehead atoms. The standard InChI is InChI=1S/C10H22N2O2/c1-7(2)5-14-6-9(10(11)13)12-8(3)4/h7-9,12H,5-6H2,1-4H3,(H2,11,13). The predicted octanol–water partition coefficient (Wildman–Crippen LogP) is 0.511. The first kappa shape index (κ1) is 13.4. The van der Waals surface area contributed by atoms with Crippen molar-refractivity contribution in [3.05, 3.63) is 0 Å². The van der Waals surface area contributed by atoms with Gasteiger partial charge in [-0.2, -0.15) is 0 Å². The number of amides is 1. The highest BCUT2D eigenvalue weighted by Gasteiger charge is 2.15. The van der Waals surface area contributed by atoms with Gasteiger partial charge in [-0.25, -0.2) is 0 Å². The van der Waals surface area contributed by atoms with Gasteiger partial charge in [0.25, 0.3) is 0 Å². The SMILES string of the molecule is CC(C)COCC(NC(C)C)C(N)=O. The molecule has 0 aromatic carbocycles. The van der Waals surface area contributed by atoms with Crippen molar-refractivity contribution >= 4 is 5.91 Å². The van der Waals surface area contributed by atoms with E-state index in [0.29, 0.717) is 19.1 Å². The molecule has 4 heteroatoms. The lowest BCUT2D eigenvalue weighted by molar-refractivity contribution is -0.121. The second kappa shape index (κ2) is 6.79. The highest BCUT2D eigenvalue weighted by atomic mass is 16.5. The minimum Gasteiger partial charge on any atom is -0.379 e. The average molecular weight is 202 g/mol. The monoisotopic (exact) mass is 202 g/mol. The minimum atomic E-state index is -0.381. The van der Waals surface area contributed by atoms with Crippen molar-refractivity contribution in [2.45, 2.75) is 39.8 Å². The average Bonchev–Trinajstić information content (AvgIpc) is 2.00. The van der Waals surface area contributed by atoms with Gasteiger partial charge in [-0.1, -0.05) is 27.7 Å². The zero-order valence-electron chi connectivity index (χ0n) is 9.54. The molecule has 0 aliphatic rings. The number of nitrogens with two attached hydrogens (primary N) is 1. The van der Waals surface area contributed by atoms with E-state index in [1.54, 1.807) is 0 Å². The fraction of sp³-hybridized carbons (Fsp3) is 0.900. The summed E-state index contributed by atoms with van der Waals surface area (Å²) >= 11 is 0. The Balaban J connectivity index is 3.80. The topological polar surface area (TPSA) is 64.3 Å². The van der Waals surface area contributed by atoms with Crippen LogP contribution in [0.5, 0.6) is 0 Å². The van der Waals surface area contributed by atoms with Crippen LogP contribution in [0.1, 0.15) is 27.7 Å². The molecule has 1 unspecified atom stereocenters. The first-order valence-electron chi connectivity index (χ1n) is 5.06. The van der Waals surface area contributed by atoms with Crippen LogP contribution < -0.4 is 11.1 Å². The van der Waals surface area contributed by atoms with Crippen molar-refractivity contribution in [1.82, 2.24) is 5.32 Å². The summed E-state index contributed by atoms with van der Waals surface area (Å²) in [5.74, 6) is 0.116. The predicted molar refractivity (Wildman–Crippen MR) is 56.9 cm³/mol. The van der Waals surface area contributed by atoms with Gasteiger partial charge < -0.3 is 15.8 Å². The molecule has 0 aliphatic heterocycles. The zero-order valence-corrected chi connectivity index (χ0v) is 9.54. The molecule has 1 atom stereocenters. The number of nitrogens with one attached hydrogen (secondary N) is 1. The van der Waals surface area contributed by atoms with Crippen LogP contribution in [0.4, 0.5) is 0 Å². The Labute approximate surface area is 86.2 Å². The molecule has 0 saturated carbocycles. The molecule has 3 N–H and O–H groups in total. The first-order valence-corrected chi connectivity index (χ1v) is 5.06. The Hall–Kier alpha value is -0.610. The van der Waals surface area contributed by atoms with E-state index in [1.165, 1.54) is 0 Å². The van der Waals surface area contributed by atoms with Crippen molar-refractivity contribution in [2.24, 2.45) is 11.7 Å². The largest absolute Gasteiger partial charge is 0.379 e. The highest BCUT2D eigenvalue weighted by molar-refractivity contribution is 5.80. The molecule has 4 nitrogen and oxygen atoms in total. The van der Waals surface area contributed by atoms with Crippen LogP contribution in [0.3, 0.4) is 0 Å². The normalized spacial score (nSPS) is 13.6. The van der Waals surface area contributed by atoms with Crippen molar-refractivity contribution in [1.29, 1.82) is 0 Å². The number of hydrogen-bond donors (Lipinski definition) is 2. The van der Waals surface area contributed by atoms with Gasteiger partial charge in [0.05, 0.1) is 6.61 Å². The second-order valence-electron chi connectivity index (χ2n) is 4.21. The number of rotatable bonds is 7. The summed E-state index contributed by atoms with van der Waals surface area (Å²) in [5, 5.41) is 3.05. The molecule has 0 radical (unpaired) electrons. The van der Waals surface area contributed by atoms with Crippen LogP contribution >= 0.6 is 0 Å². The van der Waals surface area contributed by atoms with Gasteiger partial charge in [0.2, 0.25) is 5.91 Å². The van der Waals surface area contributed by atoms with Crippen molar-refractivity contribution < 1.29 is 9.53 Å². The van der Waals surface area contributed by atoms with Gasteiger partial charge in [0, 0.05) is 12.6 Å². The van der Waals surface area contributed by atoms with Gasteiger partial charge in [-0.3, -0.25) is 4.79 Å². The molecular weight excluding hydrogens is 180 g/mol. The second-order valence-corrected chi connectivity index (χ2v) is 4.21. The summed E-state index contributed by atoms with van der Waals surface area (Å²) in [7, 11) is 0. The maximum atomic E-state index is 11.0. The molecule has 14 heavy (non-hydrogen) atoms. The molecule has 0 spiro atoms. The quantitative estimate of drug-likeness (QED) is 0.632. The van der Waals surface area contributed by atoms with E-state index in [4.69, 9.17) is 10.5 Å². The Morgan fingerprint density at radius 3 is 2.21 bits per heavy atom. The van der Waals surface area contributed by atoms with E-state index >= 15 is 0 Å². The van der Waals surface area contributed by atoms with E-state index in [-0.39, 0.29) is 18.0 Å². The smallest absolute Gasteiger partial charge is 0.236 e. The maximum Gasteiger partial charge on any atom is 0.236 e. The van der Waals surface area contributed by atoms with Crippen LogP contribution in [0, 0.1) is 5.92 Å². The van der Waals surface area contributed by atoms with Gasteiger partial charge in [0.15, 0.2) is 0 Å². The zero-order chi connectivity index (χ0) is 11.1. The van der Waals surface area contributed by atoms with Crippen LogP contribution in [0.25, 0.3) is 0 Å². The maximum absolute atomic E-state index is 11.0. The molecule has 0 aliphatic carbocycles. The molecule has 0 aromatic heterocycles. The summed E-state index contributed by atoms with van der Waals surface area (Å²) in [4.78, 5) is 11.0. The van der Waals surface area contributed by atoms with Crippen LogP contribution in [-0.2, 0) is 9.53 Å². The number of carbonyl (C=O) groups excluding carboxylic acids is 1. The third-order valence-corrected chi connectivity index (χ3v) is 1.61. The summed E-state index contributed by atoms with van der Waals surface area (Å²) < 4.78 is 5.36. The van der Waals surface area contributed by atoms with Crippen LogP contribution in [0.2, 0.25) is 0 Å². The highest BCUT2D eigenvalue weighted by Crippen LogP contribution is 1.95. The number of ether oxygens (including phenoxy) is 1. The van der Waals surface area contributed by atoms with Crippen molar-refractivity contribution in [3.8, 4) is 0 Å². The van der Waals surface area contributed by atoms with Gasteiger partial charge in [-0.05, 0) is 5.92 Å². The van der Waals surface area contributed by atoms with Crippen LogP contribution in [0.15, 0.2) is 0 Å².